The smallest absolute Gasteiger partial charge is 0.0446 e. The third kappa shape index (κ3) is 3.53. The van der Waals surface area contributed by atoms with Crippen LogP contribution in [0.15, 0.2) is 30.3 Å². The number of piperazine rings is 1. The average Bonchev–Trinajstić information content (AvgIpc) is 2.39. The summed E-state index contributed by atoms with van der Waals surface area (Å²) < 4.78 is 0. The number of likely N-dealkylation sites (N-methyl/N-ethyl adjacent to an activating group) is 2. The molecule has 3 nitrogen and oxygen atoms in total. The van der Waals surface area contributed by atoms with E-state index in [0.717, 1.165) is 6.54 Å². The molecule has 0 unspecified atom stereocenters. The molecule has 0 aromatic heterocycles. The monoisotopic (exact) mass is 233 g/mol. The van der Waals surface area contributed by atoms with Crippen LogP contribution in [0.5, 0.6) is 0 Å². The van der Waals surface area contributed by atoms with Gasteiger partial charge in [-0.25, -0.2) is 0 Å². The van der Waals surface area contributed by atoms with Crippen LogP contribution in [0.3, 0.4) is 0 Å². The van der Waals surface area contributed by atoms with E-state index in [4.69, 9.17) is 0 Å². The van der Waals surface area contributed by atoms with Crippen molar-refractivity contribution in [2.75, 3.05) is 46.8 Å². The molecule has 94 valence electrons. The summed E-state index contributed by atoms with van der Waals surface area (Å²) in [5.41, 5.74) is 1.38. The van der Waals surface area contributed by atoms with Crippen molar-refractivity contribution in [2.45, 2.75) is 6.04 Å². The Balaban J connectivity index is 1.92. The molecule has 0 radical (unpaired) electrons. The van der Waals surface area contributed by atoms with E-state index in [-0.39, 0.29) is 0 Å². The predicted molar refractivity (Wildman–Crippen MR) is 72.2 cm³/mol. The summed E-state index contributed by atoms with van der Waals surface area (Å²) in [6.45, 7) is 5.84. The Bertz CT molecular complexity index is 317. The Morgan fingerprint density at radius 1 is 1.12 bits per heavy atom. The lowest BCUT2D eigenvalue weighted by atomic mass is 10.1. The largest absolute Gasteiger partial charge is 0.312 e. The molecular weight excluding hydrogens is 210 g/mol. The SMILES string of the molecule is CN[C@H](CN1CCN(C)CC1)c1ccccc1. The molecule has 1 aromatic carbocycles. The first-order chi connectivity index (χ1) is 8.29. The minimum atomic E-state index is 0.444. The second kappa shape index (κ2) is 6.15. The van der Waals surface area contributed by atoms with E-state index in [1.54, 1.807) is 0 Å². The molecule has 0 amide bonds. The molecule has 0 saturated carbocycles. The van der Waals surface area contributed by atoms with E-state index in [1.807, 2.05) is 7.05 Å². The second-order valence-corrected chi connectivity index (χ2v) is 4.86. The highest BCUT2D eigenvalue weighted by Crippen LogP contribution is 2.14. The van der Waals surface area contributed by atoms with E-state index in [2.05, 4.69) is 52.5 Å². The van der Waals surface area contributed by atoms with E-state index >= 15 is 0 Å². The first-order valence-electron chi connectivity index (χ1n) is 6.42. The lowest BCUT2D eigenvalue weighted by molar-refractivity contribution is 0.143. The van der Waals surface area contributed by atoms with Gasteiger partial charge in [-0.05, 0) is 19.7 Å². The summed E-state index contributed by atoms with van der Waals surface area (Å²) in [7, 11) is 4.25. The van der Waals surface area contributed by atoms with Gasteiger partial charge in [0.05, 0.1) is 0 Å². The van der Waals surface area contributed by atoms with E-state index in [1.165, 1.54) is 31.7 Å². The molecule has 1 atom stereocenters. The van der Waals surface area contributed by atoms with Crippen molar-refractivity contribution in [2.24, 2.45) is 0 Å². The molecular formula is C14H23N3. The van der Waals surface area contributed by atoms with Crippen LogP contribution in [0, 0.1) is 0 Å². The van der Waals surface area contributed by atoms with Crippen molar-refractivity contribution >= 4 is 0 Å². The van der Waals surface area contributed by atoms with Gasteiger partial charge < -0.3 is 10.2 Å². The molecule has 1 aromatic rings. The molecule has 17 heavy (non-hydrogen) atoms. The van der Waals surface area contributed by atoms with Crippen LogP contribution in [-0.4, -0.2) is 56.6 Å². The van der Waals surface area contributed by atoms with Gasteiger partial charge in [0.15, 0.2) is 0 Å². The second-order valence-electron chi connectivity index (χ2n) is 4.86. The molecule has 3 heteroatoms. The minimum Gasteiger partial charge on any atom is -0.312 e. The van der Waals surface area contributed by atoms with Gasteiger partial charge >= 0.3 is 0 Å². The van der Waals surface area contributed by atoms with E-state index in [9.17, 15) is 0 Å². The minimum absolute atomic E-state index is 0.444. The first-order valence-corrected chi connectivity index (χ1v) is 6.42. The van der Waals surface area contributed by atoms with E-state index < -0.39 is 0 Å². The van der Waals surface area contributed by atoms with Gasteiger partial charge in [0.2, 0.25) is 0 Å². The summed E-state index contributed by atoms with van der Waals surface area (Å²) in [6.07, 6.45) is 0. The van der Waals surface area contributed by atoms with Crippen molar-refractivity contribution < 1.29 is 0 Å². The fourth-order valence-electron chi connectivity index (χ4n) is 2.34. The van der Waals surface area contributed by atoms with Crippen LogP contribution in [-0.2, 0) is 0 Å². The third-order valence-corrected chi connectivity index (χ3v) is 3.59. The first kappa shape index (κ1) is 12.6. The van der Waals surface area contributed by atoms with Crippen LogP contribution >= 0.6 is 0 Å². The van der Waals surface area contributed by atoms with Gasteiger partial charge in [-0.3, -0.25) is 4.90 Å². The molecule has 0 bridgehead atoms. The molecule has 1 fully saturated rings. The standard InChI is InChI=1S/C14H23N3/c1-15-14(13-6-4-3-5-7-13)12-17-10-8-16(2)9-11-17/h3-7,14-15H,8-12H2,1-2H3/t14-/m1/s1. The lowest BCUT2D eigenvalue weighted by Gasteiger charge is -2.34. The molecule has 1 aliphatic rings. The fourth-order valence-corrected chi connectivity index (χ4v) is 2.34. The highest BCUT2D eigenvalue weighted by molar-refractivity contribution is 5.19. The number of benzene rings is 1. The average molecular weight is 233 g/mol. The van der Waals surface area contributed by atoms with Crippen molar-refractivity contribution in [3.63, 3.8) is 0 Å². The highest BCUT2D eigenvalue weighted by Gasteiger charge is 2.18. The molecule has 2 rings (SSSR count). The quantitative estimate of drug-likeness (QED) is 0.843. The Kier molecular flexibility index (Phi) is 4.54. The number of hydrogen-bond acceptors (Lipinski definition) is 3. The van der Waals surface area contributed by atoms with Gasteiger partial charge in [-0.1, -0.05) is 30.3 Å². The zero-order chi connectivity index (χ0) is 12.1. The zero-order valence-electron chi connectivity index (χ0n) is 10.9. The molecule has 0 aliphatic carbocycles. The number of hydrogen-bond donors (Lipinski definition) is 1. The maximum Gasteiger partial charge on any atom is 0.0446 e. The summed E-state index contributed by atoms with van der Waals surface area (Å²) in [5.74, 6) is 0. The molecule has 1 heterocycles. The summed E-state index contributed by atoms with van der Waals surface area (Å²) in [4.78, 5) is 4.95. The maximum absolute atomic E-state index is 3.42. The van der Waals surface area contributed by atoms with Gasteiger partial charge in [0.1, 0.15) is 0 Å². The van der Waals surface area contributed by atoms with Gasteiger partial charge in [-0.2, -0.15) is 0 Å². The zero-order valence-corrected chi connectivity index (χ0v) is 10.9. The molecule has 0 spiro atoms. The molecule has 1 saturated heterocycles. The Labute approximate surface area is 104 Å². The third-order valence-electron chi connectivity index (χ3n) is 3.59. The Morgan fingerprint density at radius 3 is 2.35 bits per heavy atom. The summed E-state index contributed by atoms with van der Waals surface area (Å²) in [6, 6.07) is 11.2. The van der Waals surface area contributed by atoms with Crippen molar-refractivity contribution in [1.29, 1.82) is 0 Å². The van der Waals surface area contributed by atoms with Crippen LogP contribution < -0.4 is 5.32 Å². The van der Waals surface area contributed by atoms with Gasteiger partial charge in [0, 0.05) is 38.8 Å². The van der Waals surface area contributed by atoms with E-state index in [0.29, 0.717) is 6.04 Å². The predicted octanol–water partition coefficient (Wildman–Crippen LogP) is 1.19. The Morgan fingerprint density at radius 2 is 1.76 bits per heavy atom. The van der Waals surface area contributed by atoms with Gasteiger partial charge in [0.25, 0.3) is 0 Å². The summed E-state index contributed by atoms with van der Waals surface area (Å²) in [5, 5.41) is 3.42. The van der Waals surface area contributed by atoms with Crippen molar-refractivity contribution in [3.05, 3.63) is 35.9 Å². The lowest BCUT2D eigenvalue weighted by Crippen LogP contribution is -2.47. The summed E-state index contributed by atoms with van der Waals surface area (Å²) >= 11 is 0. The number of nitrogens with zero attached hydrogens (tertiary/aromatic N) is 2. The van der Waals surface area contributed by atoms with Gasteiger partial charge in [-0.15, -0.1) is 0 Å². The van der Waals surface area contributed by atoms with Crippen LogP contribution in [0.25, 0.3) is 0 Å². The molecule has 1 aliphatic heterocycles. The maximum atomic E-state index is 3.42. The van der Waals surface area contributed by atoms with Crippen LogP contribution in [0.1, 0.15) is 11.6 Å². The Hall–Kier alpha value is -0.900. The van der Waals surface area contributed by atoms with Crippen LogP contribution in [0.2, 0.25) is 0 Å². The number of rotatable bonds is 4. The normalized spacial score (nSPS) is 20.4. The van der Waals surface area contributed by atoms with Crippen molar-refractivity contribution in [1.82, 2.24) is 15.1 Å². The number of nitrogens with one attached hydrogen (secondary N) is 1. The van der Waals surface area contributed by atoms with Crippen LogP contribution in [0.4, 0.5) is 0 Å². The molecule has 1 N–H and O–H groups in total. The fraction of sp³-hybridized carbons (Fsp3) is 0.571. The van der Waals surface area contributed by atoms with Crippen molar-refractivity contribution in [3.8, 4) is 0 Å². The topological polar surface area (TPSA) is 18.5 Å². The highest BCUT2D eigenvalue weighted by atomic mass is 15.3.